The highest BCUT2D eigenvalue weighted by Gasteiger charge is 2.33. The third-order valence-corrected chi connectivity index (χ3v) is 5.47. The van der Waals surface area contributed by atoms with Crippen LogP contribution in [0.1, 0.15) is 26.7 Å². The average Bonchev–Trinajstić information content (AvgIpc) is 2.35. The summed E-state index contributed by atoms with van der Waals surface area (Å²) < 4.78 is 28.1. The van der Waals surface area contributed by atoms with Crippen molar-refractivity contribution in [1.82, 2.24) is 8.61 Å². The molecule has 0 saturated carbocycles. The Labute approximate surface area is 111 Å². The number of hydrogen-bond acceptors (Lipinski definition) is 3. The molecule has 5 nitrogen and oxygen atoms in total. The summed E-state index contributed by atoms with van der Waals surface area (Å²) in [4.78, 5) is 0. The molecule has 1 aliphatic heterocycles. The van der Waals surface area contributed by atoms with Crippen LogP contribution in [0.25, 0.3) is 0 Å². The summed E-state index contributed by atoms with van der Waals surface area (Å²) >= 11 is 0. The van der Waals surface area contributed by atoms with Gasteiger partial charge in [-0.05, 0) is 39.2 Å². The lowest BCUT2D eigenvalue weighted by Crippen LogP contribution is -2.51. The van der Waals surface area contributed by atoms with E-state index >= 15 is 0 Å². The maximum absolute atomic E-state index is 12.5. The molecule has 1 aliphatic rings. The number of hydrogen-bond donors (Lipinski definition) is 1. The number of rotatable bonds is 6. The zero-order valence-corrected chi connectivity index (χ0v) is 12.2. The van der Waals surface area contributed by atoms with Gasteiger partial charge in [0.15, 0.2) is 0 Å². The van der Waals surface area contributed by atoms with Gasteiger partial charge in [-0.25, -0.2) is 0 Å². The molecule has 0 aromatic rings. The van der Waals surface area contributed by atoms with Crippen molar-refractivity contribution in [3.63, 3.8) is 0 Å². The zero-order chi connectivity index (χ0) is 13.8. The normalized spacial score (nSPS) is 22.6. The molecule has 0 aromatic heterocycles. The van der Waals surface area contributed by atoms with Gasteiger partial charge in [-0.2, -0.15) is 17.0 Å². The molecule has 0 amide bonds. The van der Waals surface area contributed by atoms with Crippen molar-refractivity contribution in [2.45, 2.75) is 32.7 Å². The summed E-state index contributed by atoms with van der Waals surface area (Å²) in [6, 6.07) is -0.0637. The molecule has 106 valence electrons. The largest absolute Gasteiger partial charge is 0.330 e. The van der Waals surface area contributed by atoms with Gasteiger partial charge in [0.1, 0.15) is 0 Å². The van der Waals surface area contributed by atoms with Gasteiger partial charge in [-0.15, -0.1) is 6.58 Å². The second kappa shape index (κ2) is 6.65. The molecule has 2 N–H and O–H groups in total. The second-order valence-corrected chi connectivity index (χ2v) is 6.94. The molecule has 1 atom stereocenters. The van der Waals surface area contributed by atoms with E-state index < -0.39 is 10.2 Å². The lowest BCUT2D eigenvalue weighted by molar-refractivity contribution is 0.245. The molecule has 1 unspecified atom stereocenters. The van der Waals surface area contributed by atoms with Crippen LogP contribution in [0.2, 0.25) is 0 Å². The van der Waals surface area contributed by atoms with Gasteiger partial charge in [0.2, 0.25) is 0 Å². The fraction of sp³-hybridized carbons (Fsp3) is 0.833. The Morgan fingerprint density at radius 2 is 2.22 bits per heavy atom. The lowest BCUT2D eigenvalue weighted by Gasteiger charge is -2.36. The Morgan fingerprint density at radius 1 is 1.56 bits per heavy atom. The first-order chi connectivity index (χ1) is 8.43. The molecular formula is C12H25N3O2S. The SMILES string of the molecule is C=CCN(C(C)C)S(=O)(=O)N1CCCC(CN)C1. The third kappa shape index (κ3) is 3.54. The van der Waals surface area contributed by atoms with Gasteiger partial charge in [-0.3, -0.25) is 0 Å². The number of nitrogens with two attached hydrogens (primary N) is 1. The van der Waals surface area contributed by atoms with E-state index in [0.29, 0.717) is 26.2 Å². The quantitative estimate of drug-likeness (QED) is 0.729. The van der Waals surface area contributed by atoms with Crippen molar-refractivity contribution in [2.75, 3.05) is 26.2 Å². The van der Waals surface area contributed by atoms with Crippen LogP contribution < -0.4 is 5.73 Å². The van der Waals surface area contributed by atoms with Crippen molar-refractivity contribution in [3.05, 3.63) is 12.7 Å². The van der Waals surface area contributed by atoms with Gasteiger partial charge < -0.3 is 5.73 Å². The Kier molecular flexibility index (Phi) is 5.78. The maximum Gasteiger partial charge on any atom is 0.282 e. The van der Waals surface area contributed by atoms with Crippen molar-refractivity contribution >= 4 is 10.2 Å². The summed E-state index contributed by atoms with van der Waals surface area (Å²) in [5.74, 6) is 0.284. The van der Waals surface area contributed by atoms with Gasteiger partial charge in [0.25, 0.3) is 10.2 Å². The van der Waals surface area contributed by atoms with E-state index in [1.54, 1.807) is 10.4 Å². The number of piperidine rings is 1. The predicted octanol–water partition coefficient (Wildman–Crippen LogP) is 0.798. The average molecular weight is 275 g/mol. The molecule has 0 radical (unpaired) electrons. The van der Waals surface area contributed by atoms with E-state index in [1.807, 2.05) is 13.8 Å². The molecule has 1 rings (SSSR count). The van der Waals surface area contributed by atoms with E-state index in [1.165, 1.54) is 4.31 Å². The van der Waals surface area contributed by atoms with Gasteiger partial charge >= 0.3 is 0 Å². The Balaban J connectivity index is 2.86. The fourth-order valence-corrected chi connectivity index (χ4v) is 4.16. The van der Waals surface area contributed by atoms with Gasteiger partial charge in [0.05, 0.1) is 0 Å². The highest BCUT2D eigenvalue weighted by Crippen LogP contribution is 2.21. The van der Waals surface area contributed by atoms with Gasteiger partial charge in [-0.1, -0.05) is 6.08 Å². The van der Waals surface area contributed by atoms with E-state index in [9.17, 15) is 8.42 Å². The molecule has 0 bridgehead atoms. The summed E-state index contributed by atoms with van der Waals surface area (Å²) in [5, 5.41) is 0. The second-order valence-electron chi connectivity index (χ2n) is 5.06. The predicted molar refractivity (Wildman–Crippen MR) is 74.3 cm³/mol. The van der Waals surface area contributed by atoms with Crippen molar-refractivity contribution in [1.29, 1.82) is 0 Å². The lowest BCUT2D eigenvalue weighted by atomic mass is 10.0. The monoisotopic (exact) mass is 275 g/mol. The standard InChI is InChI=1S/C12H25N3O2S/c1-4-7-15(11(2)3)18(16,17)14-8-5-6-12(9-13)10-14/h4,11-12H,1,5-10,13H2,2-3H3. The third-order valence-electron chi connectivity index (χ3n) is 3.32. The van der Waals surface area contributed by atoms with Crippen molar-refractivity contribution in [3.8, 4) is 0 Å². The van der Waals surface area contributed by atoms with Crippen LogP contribution in [0.5, 0.6) is 0 Å². The smallest absolute Gasteiger partial charge is 0.282 e. The molecule has 1 fully saturated rings. The van der Waals surface area contributed by atoms with Crippen LogP contribution in [-0.2, 0) is 10.2 Å². The molecule has 18 heavy (non-hydrogen) atoms. The molecule has 0 spiro atoms. The van der Waals surface area contributed by atoms with Crippen LogP contribution >= 0.6 is 0 Å². The Morgan fingerprint density at radius 3 is 2.72 bits per heavy atom. The molecule has 0 aromatic carbocycles. The van der Waals surface area contributed by atoms with Crippen molar-refractivity contribution in [2.24, 2.45) is 11.7 Å². The van der Waals surface area contributed by atoms with Crippen LogP contribution in [-0.4, -0.2) is 49.2 Å². The zero-order valence-electron chi connectivity index (χ0n) is 11.4. The minimum Gasteiger partial charge on any atom is -0.330 e. The van der Waals surface area contributed by atoms with Crippen LogP contribution in [0, 0.1) is 5.92 Å². The first-order valence-electron chi connectivity index (χ1n) is 6.51. The minimum absolute atomic E-state index is 0.0637. The van der Waals surface area contributed by atoms with E-state index in [4.69, 9.17) is 5.73 Å². The highest BCUT2D eigenvalue weighted by atomic mass is 32.2. The Hall–Kier alpha value is -0.430. The van der Waals surface area contributed by atoms with E-state index in [0.717, 1.165) is 12.8 Å². The fourth-order valence-electron chi connectivity index (χ4n) is 2.28. The molecule has 1 saturated heterocycles. The summed E-state index contributed by atoms with van der Waals surface area (Å²) in [6.07, 6.45) is 3.54. The summed E-state index contributed by atoms with van der Waals surface area (Å²) in [5.41, 5.74) is 5.65. The maximum atomic E-state index is 12.5. The minimum atomic E-state index is -3.39. The first-order valence-corrected chi connectivity index (χ1v) is 7.91. The molecule has 1 heterocycles. The topological polar surface area (TPSA) is 66.6 Å². The van der Waals surface area contributed by atoms with Gasteiger partial charge in [0, 0.05) is 25.7 Å². The summed E-state index contributed by atoms with van der Waals surface area (Å²) in [6.45, 7) is 9.43. The van der Waals surface area contributed by atoms with E-state index in [2.05, 4.69) is 6.58 Å². The summed E-state index contributed by atoms with van der Waals surface area (Å²) in [7, 11) is -3.39. The highest BCUT2D eigenvalue weighted by molar-refractivity contribution is 7.86. The Bertz CT molecular complexity index is 368. The van der Waals surface area contributed by atoms with Crippen molar-refractivity contribution < 1.29 is 8.42 Å². The van der Waals surface area contributed by atoms with E-state index in [-0.39, 0.29) is 12.0 Å². The van der Waals surface area contributed by atoms with Crippen LogP contribution in [0.15, 0.2) is 12.7 Å². The number of nitrogens with zero attached hydrogens (tertiary/aromatic N) is 2. The van der Waals surface area contributed by atoms with Crippen LogP contribution in [0.4, 0.5) is 0 Å². The first kappa shape index (κ1) is 15.6. The molecular weight excluding hydrogens is 250 g/mol. The molecule has 6 heteroatoms. The van der Waals surface area contributed by atoms with Crippen LogP contribution in [0.3, 0.4) is 0 Å². The molecule has 0 aliphatic carbocycles.